The molecule has 2 fully saturated rings. The predicted molar refractivity (Wildman–Crippen MR) is 126 cm³/mol. The molecule has 2 aromatic rings. The summed E-state index contributed by atoms with van der Waals surface area (Å²) in [5.74, 6) is 1.10. The van der Waals surface area contributed by atoms with Crippen LogP contribution < -0.4 is 15.0 Å². The molecule has 2 aliphatic rings. The fourth-order valence-electron chi connectivity index (χ4n) is 4.15. The van der Waals surface area contributed by atoms with Crippen molar-refractivity contribution in [3.63, 3.8) is 0 Å². The summed E-state index contributed by atoms with van der Waals surface area (Å²) in [5, 5.41) is 11.8. The zero-order valence-electron chi connectivity index (χ0n) is 18.8. The van der Waals surface area contributed by atoms with Crippen LogP contribution in [0, 0.1) is 0 Å². The van der Waals surface area contributed by atoms with Crippen molar-refractivity contribution in [1.82, 2.24) is 5.32 Å². The number of carbonyl (C=O) groups excluding carboxylic acids is 1. The highest BCUT2D eigenvalue weighted by molar-refractivity contribution is 5.83. The first-order valence-corrected chi connectivity index (χ1v) is 11.6. The number of aromatic hydroxyl groups is 1. The number of nitrogens with one attached hydrogen (secondary N) is 1. The fraction of sp³-hybridized carbons (Fsp3) is 0.500. The molecule has 1 atom stereocenters. The van der Waals surface area contributed by atoms with Crippen LogP contribution in [0.1, 0.15) is 63.9 Å². The number of likely N-dealkylation sites (N-methyl/N-ethyl adjacent to an activating group) is 1. The third kappa shape index (κ3) is 6.91. The Balaban J connectivity index is 0.000000180. The number of rotatable bonds is 6. The molecule has 0 bridgehead atoms. The molecule has 1 aliphatic carbocycles. The van der Waals surface area contributed by atoms with Gasteiger partial charge in [0.1, 0.15) is 11.5 Å². The number of hydrogen-bond acceptors (Lipinski definition) is 4. The van der Waals surface area contributed by atoms with Crippen LogP contribution in [-0.4, -0.2) is 36.8 Å². The molecule has 5 heteroatoms. The Bertz CT molecular complexity index is 792. The lowest BCUT2D eigenvalue weighted by Gasteiger charge is -2.18. The molecule has 1 unspecified atom stereocenters. The van der Waals surface area contributed by atoms with Crippen molar-refractivity contribution in [1.29, 1.82) is 0 Å². The monoisotopic (exact) mass is 424 g/mol. The maximum atomic E-state index is 11.5. The molecule has 0 aromatic heterocycles. The first-order chi connectivity index (χ1) is 15.1. The standard InChI is InChI=1S/C15H21NO.C11H15NO2/c1-2-6-14(5-1)17-15-9-7-13(8-10-15)16-11-3-4-12-16;1-3-12-11(14)8(2)9-4-6-10(13)7-5-9/h7-10,14H,1-6,11-12H2;4-8,13H,3H2,1-2H3,(H,12,14). The maximum absolute atomic E-state index is 11.5. The Hall–Kier alpha value is -2.69. The summed E-state index contributed by atoms with van der Waals surface area (Å²) < 4.78 is 5.97. The molecule has 2 N–H and O–H groups in total. The average Bonchev–Trinajstić information content (AvgIpc) is 3.50. The summed E-state index contributed by atoms with van der Waals surface area (Å²) in [6, 6.07) is 15.4. The average molecular weight is 425 g/mol. The van der Waals surface area contributed by atoms with E-state index in [1.807, 2.05) is 13.8 Å². The van der Waals surface area contributed by atoms with E-state index < -0.39 is 0 Å². The quantitative estimate of drug-likeness (QED) is 0.666. The molecule has 1 saturated heterocycles. The molecule has 0 spiro atoms. The van der Waals surface area contributed by atoms with E-state index in [9.17, 15) is 4.79 Å². The first kappa shape index (κ1) is 23.0. The summed E-state index contributed by atoms with van der Waals surface area (Å²) in [5.41, 5.74) is 2.26. The van der Waals surface area contributed by atoms with Crippen molar-refractivity contribution in [3.8, 4) is 11.5 Å². The van der Waals surface area contributed by atoms with Gasteiger partial charge in [-0.1, -0.05) is 12.1 Å². The van der Waals surface area contributed by atoms with Crippen molar-refractivity contribution >= 4 is 11.6 Å². The number of hydrogen-bond donors (Lipinski definition) is 2. The Kier molecular flexibility index (Phi) is 8.63. The van der Waals surface area contributed by atoms with Crippen LogP contribution in [0.4, 0.5) is 5.69 Å². The van der Waals surface area contributed by atoms with E-state index in [0.717, 1.165) is 11.3 Å². The van der Waals surface area contributed by atoms with Gasteiger partial charge in [-0.05, 0) is 94.3 Å². The molecule has 5 nitrogen and oxygen atoms in total. The minimum atomic E-state index is -0.171. The number of ether oxygens (including phenoxy) is 1. The Morgan fingerprint density at radius 3 is 2.23 bits per heavy atom. The SMILES string of the molecule is CCNC(=O)C(C)c1ccc(O)cc1.c1cc(N2CCCC2)ccc1OC1CCCC1. The first-order valence-electron chi connectivity index (χ1n) is 11.6. The second-order valence-corrected chi connectivity index (χ2v) is 8.42. The highest BCUT2D eigenvalue weighted by Gasteiger charge is 2.17. The second-order valence-electron chi connectivity index (χ2n) is 8.42. The van der Waals surface area contributed by atoms with Crippen LogP contribution in [0.2, 0.25) is 0 Å². The van der Waals surface area contributed by atoms with Gasteiger partial charge in [0.25, 0.3) is 0 Å². The third-order valence-corrected chi connectivity index (χ3v) is 6.05. The summed E-state index contributed by atoms with van der Waals surface area (Å²) in [6.45, 7) is 6.80. The lowest BCUT2D eigenvalue weighted by Crippen LogP contribution is -2.27. The van der Waals surface area contributed by atoms with Crippen LogP contribution in [0.5, 0.6) is 11.5 Å². The van der Waals surface area contributed by atoms with E-state index in [1.165, 1.54) is 57.3 Å². The summed E-state index contributed by atoms with van der Waals surface area (Å²) in [6.07, 6.45) is 8.25. The summed E-state index contributed by atoms with van der Waals surface area (Å²) >= 11 is 0. The zero-order valence-corrected chi connectivity index (χ0v) is 18.8. The molecule has 168 valence electrons. The number of phenolic OH excluding ortho intramolecular Hbond substituents is 1. The predicted octanol–water partition coefficient (Wildman–Crippen LogP) is 5.24. The van der Waals surface area contributed by atoms with Gasteiger partial charge >= 0.3 is 0 Å². The largest absolute Gasteiger partial charge is 0.508 e. The van der Waals surface area contributed by atoms with Gasteiger partial charge in [0, 0.05) is 25.3 Å². The number of amides is 1. The molecule has 31 heavy (non-hydrogen) atoms. The Labute approximate surface area is 186 Å². The summed E-state index contributed by atoms with van der Waals surface area (Å²) in [4.78, 5) is 13.9. The molecule has 1 heterocycles. The molecule has 4 rings (SSSR count). The topological polar surface area (TPSA) is 61.8 Å². The van der Waals surface area contributed by atoms with Gasteiger partial charge in [-0.15, -0.1) is 0 Å². The van der Waals surface area contributed by atoms with E-state index in [-0.39, 0.29) is 17.6 Å². The van der Waals surface area contributed by atoms with E-state index in [4.69, 9.17) is 9.84 Å². The lowest BCUT2D eigenvalue weighted by atomic mass is 10.0. The number of phenols is 1. The van der Waals surface area contributed by atoms with Crippen molar-refractivity contribution < 1.29 is 14.6 Å². The van der Waals surface area contributed by atoms with Gasteiger partial charge in [-0.25, -0.2) is 0 Å². The van der Waals surface area contributed by atoms with Crippen LogP contribution >= 0.6 is 0 Å². The zero-order chi connectivity index (χ0) is 22.1. The van der Waals surface area contributed by atoms with Crippen molar-refractivity contribution in [2.75, 3.05) is 24.5 Å². The Morgan fingerprint density at radius 1 is 1.03 bits per heavy atom. The van der Waals surface area contributed by atoms with Gasteiger partial charge in [0.15, 0.2) is 0 Å². The molecular weight excluding hydrogens is 388 g/mol. The summed E-state index contributed by atoms with van der Waals surface area (Å²) in [7, 11) is 0. The molecule has 0 radical (unpaired) electrons. The van der Waals surface area contributed by atoms with Gasteiger partial charge in [-0.3, -0.25) is 4.79 Å². The Morgan fingerprint density at radius 2 is 1.65 bits per heavy atom. The highest BCUT2D eigenvalue weighted by atomic mass is 16.5. The smallest absolute Gasteiger partial charge is 0.227 e. The molecule has 1 aliphatic heterocycles. The van der Waals surface area contributed by atoms with Gasteiger partial charge in [0.05, 0.1) is 12.0 Å². The van der Waals surface area contributed by atoms with E-state index in [0.29, 0.717) is 12.6 Å². The third-order valence-electron chi connectivity index (χ3n) is 6.05. The van der Waals surface area contributed by atoms with E-state index in [2.05, 4.69) is 34.5 Å². The minimum absolute atomic E-state index is 0.0122. The van der Waals surface area contributed by atoms with Crippen LogP contribution in [0.15, 0.2) is 48.5 Å². The molecule has 2 aromatic carbocycles. The van der Waals surface area contributed by atoms with Gasteiger partial charge in [-0.2, -0.15) is 0 Å². The van der Waals surface area contributed by atoms with Gasteiger partial charge < -0.3 is 20.1 Å². The van der Waals surface area contributed by atoms with E-state index >= 15 is 0 Å². The van der Waals surface area contributed by atoms with Gasteiger partial charge in [0.2, 0.25) is 5.91 Å². The lowest BCUT2D eigenvalue weighted by molar-refractivity contribution is -0.122. The van der Waals surface area contributed by atoms with Crippen LogP contribution in [0.25, 0.3) is 0 Å². The van der Waals surface area contributed by atoms with Crippen molar-refractivity contribution in [2.24, 2.45) is 0 Å². The molecular formula is C26H36N2O3. The highest BCUT2D eigenvalue weighted by Crippen LogP contribution is 2.27. The number of benzene rings is 2. The number of nitrogens with zero attached hydrogens (tertiary/aromatic N) is 1. The van der Waals surface area contributed by atoms with Crippen molar-refractivity contribution in [3.05, 3.63) is 54.1 Å². The van der Waals surface area contributed by atoms with Crippen LogP contribution in [-0.2, 0) is 4.79 Å². The fourth-order valence-corrected chi connectivity index (χ4v) is 4.15. The number of carbonyl (C=O) groups is 1. The maximum Gasteiger partial charge on any atom is 0.227 e. The minimum Gasteiger partial charge on any atom is -0.508 e. The normalized spacial score (nSPS) is 17.0. The number of anilines is 1. The van der Waals surface area contributed by atoms with Crippen molar-refractivity contribution in [2.45, 2.75) is 64.4 Å². The van der Waals surface area contributed by atoms with Crippen LogP contribution in [0.3, 0.4) is 0 Å². The van der Waals surface area contributed by atoms with E-state index in [1.54, 1.807) is 24.3 Å². The molecule has 1 saturated carbocycles. The second kappa shape index (κ2) is 11.6. The molecule has 1 amide bonds.